The number of aryl methyl sites for hydroxylation is 3. The molecule has 0 fully saturated rings. The van der Waals surface area contributed by atoms with E-state index in [1.54, 1.807) is 0 Å². The second-order valence-electron chi connectivity index (χ2n) is 13.7. The molecule has 8 nitrogen and oxygen atoms in total. The molecule has 0 aromatic heterocycles. The molecule has 0 aliphatic heterocycles. The second kappa shape index (κ2) is 25.4. The Bertz CT molecular complexity index is 1800. The maximum Gasteiger partial charge on any atom is 0.125 e. The lowest BCUT2D eigenvalue weighted by Crippen LogP contribution is -2.31. The second-order valence-corrected chi connectivity index (χ2v) is 13.7. The molecule has 5 rings (SSSR count). The van der Waals surface area contributed by atoms with E-state index in [0.717, 1.165) is 35.5 Å². The van der Waals surface area contributed by atoms with Gasteiger partial charge in [-0.05, 0) is 77.8 Å². The molecule has 0 saturated carbocycles. The summed E-state index contributed by atoms with van der Waals surface area (Å²) in [5.74, 6) is 6.93. The van der Waals surface area contributed by atoms with Crippen molar-refractivity contribution in [2.24, 2.45) is 0 Å². The van der Waals surface area contributed by atoms with Crippen molar-refractivity contribution >= 4 is 0 Å². The SMILES string of the molecule is Cc1cc(C(c2ccccc2)(c2ccccc2)c2ccccc2)cc(C)c1OCCOc1ccc(CCCOCCOCCOCCOCCOCC#CCO)cc1. The van der Waals surface area contributed by atoms with Gasteiger partial charge in [0.25, 0.3) is 0 Å². The van der Waals surface area contributed by atoms with Gasteiger partial charge in [-0.25, -0.2) is 0 Å². The van der Waals surface area contributed by atoms with Crippen LogP contribution in [0.2, 0.25) is 0 Å². The summed E-state index contributed by atoms with van der Waals surface area (Å²) in [6, 6.07) is 45.2. The summed E-state index contributed by atoms with van der Waals surface area (Å²) < 4.78 is 39.9. The fourth-order valence-corrected chi connectivity index (χ4v) is 7.00. The fourth-order valence-electron chi connectivity index (χ4n) is 7.00. The molecule has 0 aliphatic rings. The molecular formula is C50H58O8. The Morgan fingerprint density at radius 2 is 0.914 bits per heavy atom. The summed E-state index contributed by atoms with van der Waals surface area (Å²) in [6.45, 7) is 10.0. The molecule has 0 amide bonds. The van der Waals surface area contributed by atoms with Gasteiger partial charge >= 0.3 is 0 Å². The Morgan fingerprint density at radius 3 is 1.40 bits per heavy atom. The third-order valence-corrected chi connectivity index (χ3v) is 9.66. The van der Waals surface area contributed by atoms with Crippen molar-refractivity contribution in [3.8, 4) is 23.3 Å². The van der Waals surface area contributed by atoms with E-state index in [9.17, 15) is 0 Å². The topological polar surface area (TPSA) is 84.8 Å². The third-order valence-electron chi connectivity index (χ3n) is 9.66. The van der Waals surface area contributed by atoms with Gasteiger partial charge in [-0.3, -0.25) is 0 Å². The molecular weight excluding hydrogens is 729 g/mol. The minimum atomic E-state index is -0.500. The van der Waals surface area contributed by atoms with E-state index in [1.807, 2.05) is 12.1 Å². The van der Waals surface area contributed by atoms with E-state index < -0.39 is 5.41 Å². The van der Waals surface area contributed by atoms with Crippen molar-refractivity contribution in [2.75, 3.05) is 85.9 Å². The van der Waals surface area contributed by atoms with Gasteiger partial charge in [0.05, 0.1) is 58.3 Å². The van der Waals surface area contributed by atoms with Crippen molar-refractivity contribution < 1.29 is 38.3 Å². The lowest BCUT2D eigenvalue weighted by Gasteiger charge is -2.37. The van der Waals surface area contributed by atoms with Crippen LogP contribution in [-0.2, 0) is 35.5 Å². The molecule has 306 valence electrons. The van der Waals surface area contributed by atoms with Gasteiger partial charge in [0.15, 0.2) is 0 Å². The van der Waals surface area contributed by atoms with E-state index in [-0.39, 0.29) is 6.61 Å². The number of benzene rings is 5. The van der Waals surface area contributed by atoms with E-state index in [4.69, 9.17) is 38.3 Å². The summed E-state index contributed by atoms with van der Waals surface area (Å²) >= 11 is 0. The van der Waals surface area contributed by atoms with Gasteiger partial charge in [-0.15, -0.1) is 0 Å². The van der Waals surface area contributed by atoms with E-state index in [2.05, 4.69) is 141 Å². The van der Waals surface area contributed by atoms with Crippen molar-refractivity contribution in [1.82, 2.24) is 0 Å². The summed E-state index contributed by atoms with van der Waals surface area (Å²) in [6.07, 6.45) is 1.86. The molecule has 0 unspecified atom stereocenters. The minimum Gasteiger partial charge on any atom is -0.490 e. The van der Waals surface area contributed by atoms with Crippen LogP contribution in [0.25, 0.3) is 0 Å². The van der Waals surface area contributed by atoms with Crippen LogP contribution in [0.4, 0.5) is 0 Å². The van der Waals surface area contributed by atoms with Gasteiger partial charge in [0.2, 0.25) is 0 Å². The molecule has 0 spiro atoms. The summed E-state index contributed by atoms with van der Waals surface area (Å²) in [5.41, 5.74) is 7.78. The number of aliphatic hydroxyl groups excluding tert-OH is 1. The molecule has 0 heterocycles. The maximum absolute atomic E-state index is 8.57. The zero-order valence-corrected chi connectivity index (χ0v) is 34.0. The maximum atomic E-state index is 8.57. The Kier molecular flexibility index (Phi) is 19.3. The first-order chi connectivity index (χ1) is 28.6. The molecule has 0 atom stereocenters. The summed E-state index contributed by atoms with van der Waals surface area (Å²) in [5, 5.41) is 8.57. The quantitative estimate of drug-likeness (QED) is 0.0342. The average Bonchev–Trinajstić information content (AvgIpc) is 3.26. The Labute approximate surface area is 345 Å². The number of hydrogen-bond acceptors (Lipinski definition) is 8. The van der Waals surface area contributed by atoms with Crippen LogP contribution in [0.1, 0.15) is 45.4 Å². The van der Waals surface area contributed by atoms with Crippen molar-refractivity contribution in [3.05, 3.63) is 166 Å². The third kappa shape index (κ3) is 13.6. The molecule has 0 aliphatic carbocycles. The Balaban J connectivity index is 0.992. The highest BCUT2D eigenvalue weighted by molar-refractivity contribution is 5.62. The zero-order chi connectivity index (χ0) is 40.5. The number of aliphatic hydroxyl groups is 1. The Morgan fingerprint density at radius 1 is 0.466 bits per heavy atom. The van der Waals surface area contributed by atoms with E-state index in [0.29, 0.717) is 79.3 Å². The molecule has 0 bridgehead atoms. The number of ether oxygens (including phenoxy) is 7. The van der Waals surface area contributed by atoms with Crippen LogP contribution in [-0.4, -0.2) is 91.0 Å². The Hall–Kier alpha value is -4.98. The molecule has 0 saturated heterocycles. The lowest BCUT2D eigenvalue weighted by atomic mass is 9.64. The molecule has 5 aromatic rings. The predicted molar refractivity (Wildman–Crippen MR) is 229 cm³/mol. The minimum absolute atomic E-state index is 0.150. The number of rotatable bonds is 26. The molecule has 0 radical (unpaired) electrons. The van der Waals surface area contributed by atoms with Crippen LogP contribution in [0.15, 0.2) is 127 Å². The van der Waals surface area contributed by atoms with Crippen LogP contribution in [0.3, 0.4) is 0 Å². The average molecular weight is 787 g/mol. The predicted octanol–water partition coefficient (Wildman–Crippen LogP) is 8.16. The molecule has 1 N–H and O–H groups in total. The van der Waals surface area contributed by atoms with Crippen LogP contribution in [0, 0.1) is 25.7 Å². The zero-order valence-electron chi connectivity index (χ0n) is 34.0. The van der Waals surface area contributed by atoms with Gasteiger partial charge in [0.1, 0.15) is 37.9 Å². The largest absolute Gasteiger partial charge is 0.490 e. The summed E-state index contributed by atoms with van der Waals surface area (Å²) in [7, 11) is 0. The first kappa shape index (κ1) is 44.1. The van der Waals surface area contributed by atoms with Crippen LogP contribution >= 0.6 is 0 Å². The molecule has 5 aromatic carbocycles. The van der Waals surface area contributed by atoms with Gasteiger partial charge in [-0.1, -0.05) is 127 Å². The molecule has 58 heavy (non-hydrogen) atoms. The van der Waals surface area contributed by atoms with Crippen LogP contribution < -0.4 is 9.47 Å². The van der Waals surface area contributed by atoms with Gasteiger partial charge < -0.3 is 38.3 Å². The fraction of sp³-hybridized carbons (Fsp3) is 0.360. The van der Waals surface area contributed by atoms with Crippen molar-refractivity contribution in [1.29, 1.82) is 0 Å². The smallest absolute Gasteiger partial charge is 0.125 e. The highest BCUT2D eigenvalue weighted by atomic mass is 16.6. The normalized spacial score (nSPS) is 11.2. The first-order valence-corrected chi connectivity index (χ1v) is 20.2. The van der Waals surface area contributed by atoms with Crippen molar-refractivity contribution in [3.63, 3.8) is 0 Å². The monoisotopic (exact) mass is 786 g/mol. The van der Waals surface area contributed by atoms with Gasteiger partial charge in [-0.2, -0.15) is 0 Å². The van der Waals surface area contributed by atoms with E-state index in [1.165, 1.54) is 27.8 Å². The standard InChI is InChI=1S/C50H58O8/c1-41-39-47(50(44-16-6-3-7-17-44,45-18-8-4-9-19-45)46-20-10-5-11-21-46)40-42(2)49(41)58-38-37-57-48-24-22-43(23-25-48)15-14-28-53-30-32-55-34-36-56-35-33-54-31-29-52-27-13-12-26-51/h3-11,16-25,39-40,51H,14-15,26-38H2,1-2H3. The van der Waals surface area contributed by atoms with E-state index >= 15 is 0 Å². The van der Waals surface area contributed by atoms with Gasteiger partial charge in [0, 0.05) is 6.61 Å². The highest BCUT2D eigenvalue weighted by Crippen LogP contribution is 2.46. The lowest BCUT2D eigenvalue weighted by molar-refractivity contribution is -0.00925. The highest BCUT2D eigenvalue weighted by Gasteiger charge is 2.38. The van der Waals surface area contributed by atoms with Crippen LogP contribution in [0.5, 0.6) is 11.5 Å². The summed E-state index contributed by atoms with van der Waals surface area (Å²) in [4.78, 5) is 0. The molecule has 8 heteroatoms. The first-order valence-electron chi connectivity index (χ1n) is 20.2. The number of hydrogen-bond donors (Lipinski definition) is 1. The van der Waals surface area contributed by atoms with Crippen molar-refractivity contribution in [2.45, 2.75) is 32.1 Å².